The molecule has 3 heteroatoms. The van der Waals surface area contributed by atoms with Crippen LogP contribution in [0, 0.1) is 0 Å². The number of aliphatic hydroxyl groups excluding tert-OH is 1. The van der Waals surface area contributed by atoms with Gasteiger partial charge in [0.05, 0.1) is 12.7 Å². The van der Waals surface area contributed by atoms with E-state index in [9.17, 15) is 5.11 Å². The second-order valence-electron chi connectivity index (χ2n) is 4.44. The molecule has 0 aliphatic rings. The monoisotopic (exact) mass is 237 g/mol. The fraction of sp³-hybridized carbons (Fsp3) is 0.571. The number of methoxy groups -OCH3 is 1. The Bertz CT molecular complexity index is 290. The molecule has 2 N–H and O–H groups in total. The van der Waals surface area contributed by atoms with E-state index in [-0.39, 0.29) is 0 Å². The standard InChI is InChI=1S/C14H23NO2/c1-12(15-10-14(16)11-17-2)8-9-13-6-4-3-5-7-13/h3-7,12,14-16H,8-11H2,1-2H3. The van der Waals surface area contributed by atoms with Gasteiger partial charge < -0.3 is 15.2 Å². The summed E-state index contributed by atoms with van der Waals surface area (Å²) >= 11 is 0. The average Bonchev–Trinajstić information content (AvgIpc) is 2.35. The summed E-state index contributed by atoms with van der Waals surface area (Å²) in [5.74, 6) is 0. The Hall–Kier alpha value is -0.900. The smallest absolute Gasteiger partial charge is 0.0897 e. The number of aliphatic hydroxyl groups is 1. The number of benzene rings is 1. The van der Waals surface area contributed by atoms with Crippen molar-refractivity contribution >= 4 is 0 Å². The summed E-state index contributed by atoms with van der Waals surface area (Å²) in [6.07, 6.45) is 1.72. The predicted molar refractivity (Wildman–Crippen MR) is 70.1 cm³/mol. The van der Waals surface area contributed by atoms with Crippen molar-refractivity contribution in [3.8, 4) is 0 Å². The highest BCUT2D eigenvalue weighted by Gasteiger charge is 2.06. The molecule has 1 rings (SSSR count). The van der Waals surface area contributed by atoms with Crippen LogP contribution < -0.4 is 5.32 Å². The van der Waals surface area contributed by atoms with Crippen molar-refractivity contribution in [3.05, 3.63) is 35.9 Å². The van der Waals surface area contributed by atoms with Crippen LogP contribution >= 0.6 is 0 Å². The summed E-state index contributed by atoms with van der Waals surface area (Å²) in [6, 6.07) is 10.9. The molecule has 2 atom stereocenters. The number of hydrogen-bond donors (Lipinski definition) is 2. The van der Waals surface area contributed by atoms with E-state index in [1.54, 1.807) is 7.11 Å². The largest absolute Gasteiger partial charge is 0.389 e. The third kappa shape index (κ3) is 6.41. The summed E-state index contributed by atoms with van der Waals surface area (Å²) in [4.78, 5) is 0. The van der Waals surface area contributed by atoms with Gasteiger partial charge in [-0.3, -0.25) is 0 Å². The van der Waals surface area contributed by atoms with Crippen LogP contribution in [0.25, 0.3) is 0 Å². The van der Waals surface area contributed by atoms with Crippen molar-refractivity contribution in [2.45, 2.75) is 31.9 Å². The molecule has 0 radical (unpaired) electrons. The van der Waals surface area contributed by atoms with E-state index in [1.807, 2.05) is 6.07 Å². The minimum atomic E-state index is -0.417. The van der Waals surface area contributed by atoms with Crippen LogP contribution in [0.15, 0.2) is 30.3 Å². The quantitative estimate of drug-likeness (QED) is 0.721. The summed E-state index contributed by atoms with van der Waals surface area (Å²) in [5, 5.41) is 12.8. The van der Waals surface area contributed by atoms with Gasteiger partial charge in [0.1, 0.15) is 0 Å². The van der Waals surface area contributed by atoms with Crippen LogP contribution in [0.3, 0.4) is 0 Å². The zero-order chi connectivity index (χ0) is 12.5. The van der Waals surface area contributed by atoms with Crippen LogP contribution in [0.5, 0.6) is 0 Å². The number of hydrogen-bond acceptors (Lipinski definition) is 3. The summed E-state index contributed by atoms with van der Waals surface area (Å²) in [6.45, 7) is 3.12. The van der Waals surface area contributed by atoms with Gasteiger partial charge in [0.25, 0.3) is 0 Å². The molecule has 17 heavy (non-hydrogen) atoms. The summed E-state index contributed by atoms with van der Waals surface area (Å²) in [5.41, 5.74) is 1.36. The Balaban J connectivity index is 2.15. The molecule has 0 aliphatic carbocycles. The topological polar surface area (TPSA) is 41.5 Å². The molecular weight excluding hydrogens is 214 g/mol. The molecule has 0 saturated heterocycles. The average molecular weight is 237 g/mol. The molecule has 1 aromatic carbocycles. The van der Waals surface area contributed by atoms with E-state index in [4.69, 9.17) is 4.74 Å². The molecular formula is C14H23NO2. The molecule has 0 fully saturated rings. The molecule has 96 valence electrons. The van der Waals surface area contributed by atoms with Gasteiger partial charge in [0.2, 0.25) is 0 Å². The highest BCUT2D eigenvalue weighted by molar-refractivity contribution is 5.14. The van der Waals surface area contributed by atoms with Crippen molar-refractivity contribution in [3.63, 3.8) is 0 Å². The van der Waals surface area contributed by atoms with Crippen molar-refractivity contribution in [2.24, 2.45) is 0 Å². The minimum absolute atomic E-state index is 0.387. The Morgan fingerprint density at radius 2 is 2.00 bits per heavy atom. The first-order valence-electron chi connectivity index (χ1n) is 6.16. The van der Waals surface area contributed by atoms with E-state index >= 15 is 0 Å². The van der Waals surface area contributed by atoms with Gasteiger partial charge in [-0.25, -0.2) is 0 Å². The van der Waals surface area contributed by atoms with E-state index in [0.717, 1.165) is 12.8 Å². The van der Waals surface area contributed by atoms with Gasteiger partial charge in [0, 0.05) is 19.7 Å². The van der Waals surface area contributed by atoms with Gasteiger partial charge in [0.15, 0.2) is 0 Å². The van der Waals surface area contributed by atoms with Gasteiger partial charge in [-0.2, -0.15) is 0 Å². The molecule has 0 aromatic heterocycles. The fourth-order valence-corrected chi connectivity index (χ4v) is 1.72. The highest BCUT2D eigenvalue weighted by Crippen LogP contribution is 2.04. The number of rotatable bonds is 8. The molecule has 3 nitrogen and oxygen atoms in total. The Morgan fingerprint density at radius 3 is 2.65 bits per heavy atom. The van der Waals surface area contributed by atoms with Crippen LogP contribution in [0.2, 0.25) is 0 Å². The third-order valence-electron chi connectivity index (χ3n) is 2.77. The molecule has 2 unspecified atom stereocenters. The first-order chi connectivity index (χ1) is 8.22. The molecule has 1 aromatic rings. The molecule has 0 heterocycles. The SMILES string of the molecule is COCC(O)CNC(C)CCc1ccccc1. The van der Waals surface area contributed by atoms with E-state index < -0.39 is 6.10 Å². The van der Waals surface area contributed by atoms with Crippen molar-refractivity contribution in [1.29, 1.82) is 0 Å². The summed E-state index contributed by atoms with van der Waals surface area (Å²) < 4.78 is 4.88. The molecule has 0 amide bonds. The van der Waals surface area contributed by atoms with Crippen molar-refractivity contribution in [1.82, 2.24) is 5.32 Å². The Labute approximate surface area is 104 Å². The lowest BCUT2D eigenvalue weighted by Gasteiger charge is -2.16. The van der Waals surface area contributed by atoms with Gasteiger partial charge >= 0.3 is 0 Å². The van der Waals surface area contributed by atoms with Gasteiger partial charge in [-0.15, -0.1) is 0 Å². The lowest BCUT2D eigenvalue weighted by Crippen LogP contribution is -2.36. The number of nitrogens with one attached hydrogen (secondary N) is 1. The molecule has 0 spiro atoms. The Morgan fingerprint density at radius 1 is 1.29 bits per heavy atom. The first-order valence-corrected chi connectivity index (χ1v) is 6.16. The van der Waals surface area contributed by atoms with E-state index in [0.29, 0.717) is 19.2 Å². The fourth-order valence-electron chi connectivity index (χ4n) is 1.72. The molecule has 0 bridgehead atoms. The zero-order valence-corrected chi connectivity index (χ0v) is 10.7. The molecule has 0 saturated carbocycles. The second-order valence-corrected chi connectivity index (χ2v) is 4.44. The predicted octanol–water partition coefficient (Wildman–Crippen LogP) is 1.60. The van der Waals surface area contributed by atoms with Crippen LogP contribution in [-0.4, -0.2) is 37.5 Å². The maximum Gasteiger partial charge on any atom is 0.0897 e. The maximum absolute atomic E-state index is 9.50. The number of aryl methyl sites for hydroxylation is 1. The number of ether oxygens (including phenoxy) is 1. The third-order valence-corrected chi connectivity index (χ3v) is 2.77. The lowest BCUT2D eigenvalue weighted by molar-refractivity contribution is 0.0629. The lowest BCUT2D eigenvalue weighted by atomic mass is 10.1. The van der Waals surface area contributed by atoms with Crippen LogP contribution in [0.4, 0.5) is 0 Å². The van der Waals surface area contributed by atoms with Crippen LogP contribution in [-0.2, 0) is 11.2 Å². The second kappa shape index (κ2) is 8.23. The van der Waals surface area contributed by atoms with Crippen molar-refractivity contribution < 1.29 is 9.84 Å². The van der Waals surface area contributed by atoms with E-state index in [1.165, 1.54) is 5.56 Å². The van der Waals surface area contributed by atoms with Crippen LogP contribution in [0.1, 0.15) is 18.9 Å². The first kappa shape index (κ1) is 14.2. The van der Waals surface area contributed by atoms with Crippen molar-refractivity contribution in [2.75, 3.05) is 20.3 Å². The van der Waals surface area contributed by atoms with Gasteiger partial charge in [-0.05, 0) is 25.3 Å². The zero-order valence-electron chi connectivity index (χ0n) is 10.7. The van der Waals surface area contributed by atoms with Gasteiger partial charge in [-0.1, -0.05) is 30.3 Å². The molecule has 0 aliphatic heterocycles. The summed E-state index contributed by atoms with van der Waals surface area (Å²) in [7, 11) is 1.60. The highest BCUT2D eigenvalue weighted by atomic mass is 16.5. The maximum atomic E-state index is 9.50. The Kier molecular flexibility index (Phi) is 6.86. The van der Waals surface area contributed by atoms with E-state index in [2.05, 4.69) is 36.5 Å². The normalized spacial score (nSPS) is 14.5. The minimum Gasteiger partial charge on any atom is -0.389 e.